The van der Waals surface area contributed by atoms with Gasteiger partial charge < -0.3 is 19.1 Å². The van der Waals surface area contributed by atoms with Crippen LogP contribution in [0.3, 0.4) is 0 Å². The van der Waals surface area contributed by atoms with E-state index in [1.807, 2.05) is 13.8 Å². The van der Waals surface area contributed by atoms with Gasteiger partial charge in [-0.05, 0) is 13.8 Å². The number of rotatable bonds is 5. The molecule has 1 saturated heterocycles. The number of hydrogen-bond donors (Lipinski definition) is 0. The van der Waals surface area contributed by atoms with Gasteiger partial charge in [0.15, 0.2) is 0 Å². The number of carbonyl (C=O) groups is 1. The second-order valence-electron chi connectivity index (χ2n) is 4.10. The van der Waals surface area contributed by atoms with Gasteiger partial charge in [-0.1, -0.05) is 0 Å². The first-order valence-corrected chi connectivity index (χ1v) is 5.63. The predicted molar refractivity (Wildman–Crippen MR) is 59.3 cm³/mol. The largest absolute Gasteiger partial charge is 0.382 e. The van der Waals surface area contributed by atoms with E-state index in [1.54, 1.807) is 12.0 Å². The van der Waals surface area contributed by atoms with Crippen molar-refractivity contribution in [1.82, 2.24) is 4.90 Å². The summed E-state index contributed by atoms with van der Waals surface area (Å²) in [6.45, 7) is 6.35. The molecule has 2 atom stereocenters. The lowest BCUT2D eigenvalue weighted by Gasteiger charge is -2.35. The van der Waals surface area contributed by atoms with Crippen molar-refractivity contribution in [3.63, 3.8) is 0 Å². The summed E-state index contributed by atoms with van der Waals surface area (Å²) in [6.07, 6.45) is 0.207. The molecule has 1 fully saturated rings. The quantitative estimate of drug-likeness (QED) is 0.638. The van der Waals surface area contributed by atoms with Gasteiger partial charge in [0, 0.05) is 20.2 Å². The molecule has 0 aromatic heterocycles. The van der Waals surface area contributed by atoms with Gasteiger partial charge in [-0.15, -0.1) is 0 Å². The molecule has 1 rings (SSSR count). The molecule has 1 heterocycles. The van der Waals surface area contributed by atoms with Gasteiger partial charge in [-0.3, -0.25) is 4.79 Å². The second-order valence-corrected chi connectivity index (χ2v) is 4.10. The van der Waals surface area contributed by atoms with Gasteiger partial charge in [-0.25, -0.2) is 0 Å². The highest BCUT2D eigenvalue weighted by Gasteiger charge is 2.25. The molecule has 16 heavy (non-hydrogen) atoms. The molecule has 5 nitrogen and oxygen atoms in total. The van der Waals surface area contributed by atoms with Gasteiger partial charge in [0.05, 0.1) is 25.4 Å². The number of carbonyl (C=O) groups excluding carboxylic acids is 1. The minimum atomic E-state index is 0.0260. The number of hydrogen-bond acceptors (Lipinski definition) is 4. The van der Waals surface area contributed by atoms with Crippen molar-refractivity contribution in [3.8, 4) is 0 Å². The summed E-state index contributed by atoms with van der Waals surface area (Å²) in [5, 5.41) is 0. The molecule has 0 aromatic rings. The smallest absolute Gasteiger partial charge is 0.248 e. The van der Waals surface area contributed by atoms with Crippen LogP contribution in [0, 0.1) is 0 Å². The van der Waals surface area contributed by atoms with Crippen LogP contribution in [-0.2, 0) is 19.0 Å². The van der Waals surface area contributed by atoms with E-state index in [4.69, 9.17) is 14.2 Å². The minimum absolute atomic E-state index is 0.0260. The molecule has 5 heteroatoms. The van der Waals surface area contributed by atoms with Crippen LogP contribution < -0.4 is 0 Å². The molecule has 0 spiro atoms. The molecule has 0 aromatic carbocycles. The number of morpholine rings is 1. The Hall–Kier alpha value is -0.650. The van der Waals surface area contributed by atoms with Crippen molar-refractivity contribution < 1.29 is 19.0 Å². The zero-order valence-electron chi connectivity index (χ0n) is 10.3. The third kappa shape index (κ3) is 4.47. The molecule has 1 amide bonds. The van der Waals surface area contributed by atoms with Crippen LogP contribution in [-0.4, -0.2) is 63.0 Å². The summed E-state index contributed by atoms with van der Waals surface area (Å²) >= 11 is 0. The van der Waals surface area contributed by atoms with Gasteiger partial charge in [-0.2, -0.15) is 0 Å². The average molecular weight is 231 g/mol. The Bertz CT molecular complexity index is 212. The molecule has 0 saturated carbocycles. The molecular weight excluding hydrogens is 210 g/mol. The monoisotopic (exact) mass is 231 g/mol. The molecule has 1 aliphatic heterocycles. The molecule has 94 valence electrons. The highest BCUT2D eigenvalue weighted by molar-refractivity contribution is 5.77. The van der Waals surface area contributed by atoms with E-state index >= 15 is 0 Å². The fourth-order valence-electron chi connectivity index (χ4n) is 1.77. The van der Waals surface area contributed by atoms with E-state index in [0.717, 1.165) is 0 Å². The predicted octanol–water partition coefficient (Wildman–Crippen LogP) is 0.285. The van der Waals surface area contributed by atoms with Gasteiger partial charge in [0.25, 0.3) is 0 Å². The van der Waals surface area contributed by atoms with E-state index < -0.39 is 0 Å². The van der Waals surface area contributed by atoms with Crippen molar-refractivity contribution in [2.75, 3.05) is 40.0 Å². The minimum Gasteiger partial charge on any atom is -0.382 e. The van der Waals surface area contributed by atoms with Crippen LogP contribution in [0.1, 0.15) is 13.8 Å². The Morgan fingerprint density at radius 3 is 2.50 bits per heavy atom. The normalized spacial score (nSPS) is 25.8. The lowest BCUT2D eigenvalue weighted by Crippen LogP contribution is -2.49. The maximum absolute atomic E-state index is 11.8. The summed E-state index contributed by atoms with van der Waals surface area (Å²) in [5.74, 6) is 0.0260. The van der Waals surface area contributed by atoms with Gasteiger partial charge in [0.2, 0.25) is 5.91 Å². The maximum atomic E-state index is 11.8. The lowest BCUT2D eigenvalue weighted by molar-refractivity contribution is -0.148. The summed E-state index contributed by atoms with van der Waals surface area (Å²) in [5.41, 5.74) is 0. The molecule has 0 unspecified atom stereocenters. The zero-order valence-corrected chi connectivity index (χ0v) is 10.3. The summed E-state index contributed by atoms with van der Waals surface area (Å²) in [7, 11) is 1.61. The van der Waals surface area contributed by atoms with Crippen molar-refractivity contribution in [1.29, 1.82) is 0 Å². The van der Waals surface area contributed by atoms with E-state index in [1.165, 1.54) is 0 Å². The fourth-order valence-corrected chi connectivity index (χ4v) is 1.77. The van der Waals surface area contributed by atoms with Crippen LogP contribution in [0.15, 0.2) is 0 Å². The van der Waals surface area contributed by atoms with E-state index in [-0.39, 0.29) is 24.7 Å². The summed E-state index contributed by atoms with van der Waals surface area (Å²) < 4.78 is 15.6. The topological polar surface area (TPSA) is 48.0 Å². The fraction of sp³-hybridized carbons (Fsp3) is 0.909. The number of nitrogens with zero attached hydrogens (tertiary/aromatic N) is 1. The molecule has 0 aliphatic carbocycles. The van der Waals surface area contributed by atoms with Crippen LogP contribution in [0.2, 0.25) is 0 Å². The number of methoxy groups -OCH3 is 1. The third-order valence-electron chi connectivity index (χ3n) is 2.43. The van der Waals surface area contributed by atoms with Crippen LogP contribution in [0.4, 0.5) is 0 Å². The van der Waals surface area contributed by atoms with Crippen LogP contribution >= 0.6 is 0 Å². The molecule has 0 bridgehead atoms. The Labute approximate surface area is 96.6 Å². The molecule has 0 N–H and O–H groups in total. The second kappa shape index (κ2) is 6.83. The summed E-state index contributed by atoms with van der Waals surface area (Å²) in [4.78, 5) is 13.6. The van der Waals surface area contributed by atoms with E-state index in [9.17, 15) is 4.79 Å². The number of ether oxygens (including phenoxy) is 3. The standard InChI is InChI=1S/C11H21NO4/c1-9-6-12(7-10(2)16-9)11(13)8-15-5-4-14-3/h9-10H,4-8H2,1-3H3/t9-,10+. The van der Waals surface area contributed by atoms with Crippen molar-refractivity contribution in [2.24, 2.45) is 0 Å². The van der Waals surface area contributed by atoms with E-state index in [2.05, 4.69) is 0 Å². The molecule has 1 aliphatic rings. The van der Waals surface area contributed by atoms with Gasteiger partial charge >= 0.3 is 0 Å². The van der Waals surface area contributed by atoms with Crippen LogP contribution in [0.5, 0.6) is 0 Å². The first-order valence-electron chi connectivity index (χ1n) is 5.63. The SMILES string of the molecule is COCCOCC(=O)N1C[C@@H](C)O[C@@H](C)C1. The lowest BCUT2D eigenvalue weighted by atomic mass is 10.2. The van der Waals surface area contributed by atoms with Crippen molar-refractivity contribution >= 4 is 5.91 Å². The Kier molecular flexibility index (Phi) is 5.73. The summed E-state index contributed by atoms with van der Waals surface area (Å²) in [6, 6.07) is 0. The van der Waals surface area contributed by atoms with Crippen LogP contribution in [0.25, 0.3) is 0 Å². The van der Waals surface area contributed by atoms with Crippen molar-refractivity contribution in [2.45, 2.75) is 26.1 Å². The first kappa shape index (κ1) is 13.4. The highest BCUT2D eigenvalue weighted by Crippen LogP contribution is 2.10. The third-order valence-corrected chi connectivity index (χ3v) is 2.43. The molecular formula is C11H21NO4. The Morgan fingerprint density at radius 2 is 1.94 bits per heavy atom. The zero-order chi connectivity index (χ0) is 12.0. The molecule has 0 radical (unpaired) electrons. The average Bonchev–Trinajstić information content (AvgIpc) is 2.22. The Balaban J connectivity index is 2.24. The number of amides is 1. The van der Waals surface area contributed by atoms with Crippen molar-refractivity contribution in [3.05, 3.63) is 0 Å². The Morgan fingerprint density at radius 1 is 1.31 bits per heavy atom. The van der Waals surface area contributed by atoms with E-state index in [0.29, 0.717) is 26.3 Å². The first-order chi connectivity index (χ1) is 7.63. The maximum Gasteiger partial charge on any atom is 0.248 e. The highest BCUT2D eigenvalue weighted by atomic mass is 16.5. The van der Waals surface area contributed by atoms with Gasteiger partial charge in [0.1, 0.15) is 6.61 Å².